The number of phenolic OH excluding ortho intramolecular Hbond substituents is 2. The average Bonchev–Trinajstić information content (AvgIpc) is 3.06. The first-order chi connectivity index (χ1) is 24.1. The predicted octanol–water partition coefficient (Wildman–Crippen LogP) is 10.2. The highest BCUT2D eigenvalue weighted by Gasteiger charge is 2.72. The zero-order valence-corrected chi connectivity index (χ0v) is 29.4. The van der Waals surface area contributed by atoms with Crippen molar-refractivity contribution in [2.75, 3.05) is 5.32 Å². The number of ether oxygens (including phenoxy) is 1. The largest absolute Gasteiger partial charge is 0.508 e. The lowest BCUT2D eigenvalue weighted by Gasteiger charge is -2.39. The number of hydrogen-bond donors (Lipinski definition) is 4. The summed E-state index contributed by atoms with van der Waals surface area (Å²) in [6.07, 6.45) is -10.9. The third-order valence-corrected chi connectivity index (χ3v) is 9.38. The van der Waals surface area contributed by atoms with Gasteiger partial charge in [-0.25, -0.2) is 0 Å². The number of phenols is 2. The second kappa shape index (κ2) is 14.4. The summed E-state index contributed by atoms with van der Waals surface area (Å²) < 4.78 is 95.6. The highest BCUT2D eigenvalue weighted by atomic mass is 19.4. The van der Waals surface area contributed by atoms with Crippen molar-refractivity contribution in [1.82, 2.24) is 5.32 Å². The molecule has 0 aliphatic heterocycles. The van der Waals surface area contributed by atoms with Gasteiger partial charge in [0.1, 0.15) is 23.0 Å². The van der Waals surface area contributed by atoms with E-state index in [9.17, 15) is 46.1 Å². The van der Waals surface area contributed by atoms with E-state index in [0.717, 1.165) is 12.5 Å². The Morgan fingerprint density at radius 3 is 1.56 bits per heavy atom. The zero-order valence-electron chi connectivity index (χ0n) is 29.4. The molecule has 0 aliphatic carbocycles. The second-order valence-electron chi connectivity index (χ2n) is 13.7. The quantitative estimate of drug-likeness (QED) is 0.0908. The Balaban J connectivity index is 1.63. The van der Waals surface area contributed by atoms with Crippen molar-refractivity contribution in [2.24, 2.45) is 0 Å². The van der Waals surface area contributed by atoms with E-state index < -0.39 is 57.4 Å². The van der Waals surface area contributed by atoms with Crippen LogP contribution in [0.15, 0.2) is 84.9 Å². The Morgan fingerprint density at radius 1 is 0.635 bits per heavy atom. The summed E-state index contributed by atoms with van der Waals surface area (Å²) >= 11 is 0. The lowest BCUT2D eigenvalue weighted by atomic mass is 9.70. The van der Waals surface area contributed by atoms with E-state index >= 15 is 0 Å². The van der Waals surface area contributed by atoms with E-state index in [-0.39, 0.29) is 28.3 Å². The topological polar surface area (TPSA) is 108 Å². The van der Waals surface area contributed by atoms with Gasteiger partial charge in [0.15, 0.2) is 0 Å². The average molecular weight is 731 g/mol. The van der Waals surface area contributed by atoms with Gasteiger partial charge in [-0.05, 0) is 122 Å². The molecule has 0 bridgehead atoms. The molecule has 0 unspecified atom stereocenters. The maximum absolute atomic E-state index is 15.0. The first kappa shape index (κ1) is 39.6. The first-order valence-corrected chi connectivity index (χ1v) is 16.4. The monoisotopic (exact) mass is 730 g/mol. The van der Waals surface area contributed by atoms with Crippen molar-refractivity contribution < 1.29 is 50.9 Å². The number of alkyl halides is 6. The van der Waals surface area contributed by atoms with Gasteiger partial charge in [-0.2, -0.15) is 26.3 Å². The molecular weight excluding hydrogens is 690 g/mol. The molecule has 2 amide bonds. The summed E-state index contributed by atoms with van der Waals surface area (Å²) in [5.41, 5.74) is -8.91. The molecule has 0 aliphatic rings. The molecule has 0 fully saturated rings. The zero-order chi connectivity index (χ0) is 38.9. The Morgan fingerprint density at radius 2 is 1.10 bits per heavy atom. The third kappa shape index (κ3) is 7.98. The van der Waals surface area contributed by atoms with Gasteiger partial charge in [-0.3, -0.25) is 9.59 Å². The summed E-state index contributed by atoms with van der Waals surface area (Å²) in [7, 11) is 0. The van der Waals surface area contributed by atoms with Crippen LogP contribution in [0.4, 0.5) is 32.0 Å². The van der Waals surface area contributed by atoms with Crippen LogP contribution < -0.4 is 15.4 Å². The second-order valence-corrected chi connectivity index (χ2v) is 13.7. The Bertz CT molecular complexity index is 1900. The predicted molar refractivity (Wildman–Crippen MR) is 185 cm³/mol. The molecule has 7 nitrogen and oxygen atoms in total. The summed E-state index contributed by atoms with van der Waals surface area (Å²) in [6.45, 7) is 10.6. The maximum atomic E-state index is 15.0. The van der Waals surface area contributed by atoms with E-state index in [0.29, 0.717) is 48.1 Å². The smallest absolute Gasteiger partial charge is 0.411 e. The number of amides is 2. The van der Waals surface area contributed by atoms with Gasteiger partial charge < -0.3 is 25.6 Å². The Hall–Kier alpha value is -5.20. The lowest BCUT2D eigenvalue weighted by Crippen LogP contribution is -2.54. The van der Waals surface area contributed by atoms with Crippen molar-refractivity contribution >= 4 is 17.5 Å². The number of carbonyl (C=O) groups excluding carboxylic acids is 2. The molecule has 4 N–H and O–H groups in total. The molecule has 52 heavy (non-hydrogen) atoms. The summed E-state index contributed by atoms with van der Waals surface area (Å²) in [4.78, 5) is 25.7. The number of halogens is 6. The molecule has 0 aromatic heterocycles. The van der Waals surface area contributed by atoms with Crippen LogP contribution in [0.1, 0.15) is 91.8 Å². The fourth-order valence-corrected chi connectivity index (χ4v) is 5.50. The van der Waals surface area contributed by atoms with Crippen molar-refractivity contribution in [3.63, 3.8) is 0 Å². The fraction of sp³-hybridized carbons (Fsp3) is 0.333. The molecule has 4 aromatic rings. The standard InChI is InChI=1S/C39H40F6N2O5/c1-7-35(3,4)29-21-25(13-19-31(29)48)37(38(40,41)42,39(43,44)45)26-14-20-32(49)30(22-26)46-33(50)23-9-15-27(16-10-23)52-28-17-11-24(12-18-28)34(51)47-36(5,6)8-2/h9-22,48-49H,7-8H2,1-6H3,(H,46,50)(H,47,51). The molecule has 0 spiro atoms. The van der Waals surface area contributed by atoms with E-state index in [4.69, 9.17) is 4.74 Å². The van der Waals surface area contributed by atoms with E-state index in [2.05, 4.69) is 10.6 Å². The van der Waals surface area contributed by atoms with Gasteiger partial charge in [0, 0.05) is 16.7 Å². The number of rotatable bonds is 11. The minimum Gasteiger partial charge on any atom is -0.508 e. The van der Waals surface area contributed by atoms with Crippen molar-refractivity contribution in [3.8, 4) is 23.0 Å². The van der Waals surface area contributed by atoms with Gasteiger partial charge in [0.25, 0.3) is 11.8 Å². The highest BCUT2D eigenvalue weighted by Crippen LogP contribution is 2.57. The summed E-state index contributed by atoms with van der Waals surface area (Å²) in [6, 6.07) is 15.4. The molecule has 0 saturated carbocycles. The molecule has 4 aromatic carbocycles. The Kier molecular flexibility index (Phi) is 11.0. The summed E-state index contributed by atoms with van der Waals surface area (Å²) in [5.74, 6) is -1.77. The normalized spacial score (nSPS) is 12.7. The van der Waals surface area contributed by atoms with Gasteiger partial charge in [-0.1, -0.05) is 39.8 Å². The van der Waals surface area contributed by atoms with Gasteiger partial charge in [0.05, 0.1) is 5.69 Å². The van der Waals surface area contributed by atoms with Crippen LogP contribution >= 0.6 is 0 Å². The maximum Gasteiger partial charge on any atom is 0.411 e. The number of carbonyl (C=O) groups is 2. The lowest BCUT2D eigenvalue weighted by molar-refractivity contribution is -0.288. The van der Waals surface area contributed by atoms with Crippen molar-refractivity contribution in [3.05, 3.63) is 113 Å². The Labute approximate surface area is 297 Å². The highest BCUT2D eigenvalue weighted by molar-refractivity contribution is 6.05. The first-order valence-electron chi connectivity index (χ1n) is 16.4. The van der Waals surface area contributed by atoms with Crippen LogP contribution in [0.5, 0.6) is 23.0 Å². The fourth-order valence-electron chi connectivity index (χ4n) is 5.50. The summed E-state index contributed by atoms with van der Waals surface area (Å²) in [5, 5.41) is 26.0. The van der Waals surface area contributed by atoms with Crippen LogP contribution in [0, 0.1) is 0 Å². The number of nitrogens with one attached hydrogen (secondary N) is 2. The number of aromatic hydroxyl groups is 2. The molecule has 13 heteroatoms. The minimum atomic E-state index is -5.96. The van der Waals surface area contributed by atoms with E-state index in [1.54, 1.807) is 45.0 Å². The van der Waals surface area contributed by atoms with Crippen LogP contribution in [0.25, 0.3) is 0 Å². The van der Waals surface area contributed by atoms with Crippen LogP contribution in [0.2, 0.25) is 0 Å². The van der Waals surface area contributed by atoms with Crippen LogP contribution in [-0.4, -0.2) is 39.9 Å². The molecular formula is C39H40F6N2O5. The van der Waals surface area contributed by atoms with E-state index in [1.807, 2.05) is 20.8 Å². The third-order valence-electron chi connectivity index (χ3n) is 9.38. The minimum absolute atomic E-state index is 0.0504. The number of benzene rings is 4. The van der Waals surface area contributed by atoms with Gasteiger partial charge in [0.2, 0.25) is 5.41 Å². The molecule has 278 valence electrons. The van der Waals surface area contributed by atoms with Gasteiger partial charge in [-0.15, -0.1) is 0 Å². The molecule has 0 heterocycles. The number of hydrogen-bond acceptors (Lipinski definition) is 5. The molecule has 0 saturated heterocycles. The van der Waals surface area contributed by atoms with Crippen LogP contribution in [-0.2, 0) is 10.8 Å². The SMILES string of the molecule is CCC(C)(C)NC(=O)c1ccc(Oc2ccc(C(=O)Nc3cc(C(c4ccc(O)c(C(C)(C)CC)c4)(C(F)(F)F)C(F)(F)F)ccc3O)cc2)cc1. The number of anilines is 1. The molecule has 0 radical (unpaired) electrons. The van der Waals surface area contributed by atoms with Gasteiger partial charge >= 0.3 is 12.4 Å². The van der Waals surface area contributed by atoms with Crippen LogP contribution in [0.3, 0.4) is 0 Å². The van der Waals surface area contributed by atoms with Crippen molar-refractivity contribution in [1.29, 1.82) is 0 Å². The molecule has 4 rings (SSSR count). The van der Waals surface area contributed by atoms with E-state index in [1.165, 1.54) is 24.3 Å². The molecule has 0 atom stereocenters. The van der Waals surface area contributed by atoms with Crippen molar-refractivity contribution in [2.45, 2.75) is 83.1 Å².